The standard InChI is InChI=1S/C22H20ClF2N5O2/c1-3-14(32-2)18-20(25)19(23)17(12-7-26-29-21(12)18)10-4-5-16-27-15(9-30(16)8-10)28-22(31)11-6-13(11)24/h4-5,7-9,11,13-14H,3,6H2,1-2H3,(H,26,29)(H,28,31)/t11-,13+,14-/m1/s1. The number of amides is 1. The van der Waals surface area contributed by atoms with Gasteiger partial charge in [-0.15, -0.1) is 0 Å². The number of alkyl halides is 1. The Morgan fingerprint density at radius 2 is 2.22 bits per heavy atom. The van der Waals surface area contributed by atoms with Crippen molar-refractivity contribution in [1.82, 2.24) is 19.6 Å². The maximum absolute atomic E-state index is 15.4. The van der Waals surface area contributed by atoms with Gasteiger partial charge in [-0.1, -0.05) is 18.5 Å². The summed E-state index contributed by atoms with van der Waals surface area (Å²) in [5.41, 5.74) is 2.57. The Morgan fingerprint density at radius 1 is 1.44 bits per heavy atom. The van der Waals surface area contributed by atoms with Crippen LogP contribution in [0.25, 0.3) is 27.7 Å². The number of hydrogen-bond donors (Lipinski definition) is 2. The maximum atomic E-state index is 15.4. The first-order valence-corrected chi connectivity index (χ1v) is 10.6. The minimum atomic E-state index is -1.08. The number of anilines is 1. The van der Waals surface area contributed by atoms with Crippen molar-refractivity contribution in [3.05, 3.63) is 47.1 Å². The van der Waals surface area contributed by atoms with Crippen LogP contribution in [0.2, 0.25) is 5.02 Å². The lowest BCUT2D eigenvalue weighted by Gasteiger charge is -2.18. The fourth-order valence-electron chi connectivity index (χ4n) is 4.06. The summed E-state index contributed by atoms with van der Waals surface area (Å²) in [7, 11) is 1.53. The van der Waals surface area contributed by atoms with Gasteiger partial charge in [-0.05, 0) is 25.0 Å². The molecule has 1 aliphatic rings. The number of carbonyl (C=O) groups is 1. The highest BCUT2D eigenvalue weighted by molar-refractivity contribution is 6.35. The van der Waals surface area contributed by atoms with Crippen LogP contribution in [0.4, 0.5) is 14.6 Å². The summed E-state index contributed by atoms with van der Waals surface area (Å²) in [6.45, 7) is 1.90. The van der Waals surface area contributed by atoms with Crippen molar-refractivity contribution in [2.24, 2.45) is 5.92 Å². The molecule has 1 aliphatic carbocycles. The Morgan fingerprint density at radius 3 is 2.91 bits per heavy atom. The summed E-state index contributed by atoms with van der Waals surface area (Å²) in [5.74, 6) is -1.23. The first-order valence-electron chi connectivity index (χ1n) is 10.2. The molecule has 1 aromatic carbocycles. The van der Waals surface area contributed by atoms with Gasteiger partial charge in [-0.2, -0.15) is 5.10 Å². The van der Waals surface area contributed by atoms with Gasteiger partial charge >= 0.3 is 0 Å². The predicted octanol–water partition coefficient (Wildman–Crippen LogP) is 5.06. The summed E-state index contributed by atoms with van der Waals surface area (Å²) in [5, 5.41) is 10.3. The van der Waals surface area contributed by atoms with Gasteiger partial charge < -0.3 is 14.5 Å². The van der Waals surface area contributed by atoms with Gasteiger partial charge in [-0.25, -0.2) is 13.8 Å². The van der Waals surface area contributed by atoms with E-state index in [0.29, 0.717) is 45.5 Å². The molecule has 3 aromatic heterocycles. The molecule has 0 radical (unpaired) electrons. The molecular formula is C22H20ClF2N5O2. The quantitative estimate of drug-likeness (QED) is 0.422. The molecule has 1 saturated carbocycles. The zero-order valence-corrected chi connectivity index (χ0v) is 18.1. The number of rotatable bonds is 6. The second-order valence-corrected chi connectivity index (χ2v) is 8.24. The van der Waals surface area contributed by atoms with Crippen LogP contribution in [0.5, 0.6) is 0 Å². The minimum Gasteiger partial charge on any atom is -0.377 e. The van der Waals surface area contributed by atoms with Crippen molar-refractivity contribution in [3.63, 3.8) is 0 Å². The Kier molecular flexibility index (Phi) is 5.10. The molecule has 3 heterocycles. The first kappa shape index (κ1) is 20.8. The van der Waals surface area contributed by atoms with Gasteiger partial charge in [-0.3, -0.25) is 9.89 Å². The molecule has 4 aromatic rings. The van der Waals surface area contributed by atoms with Crippen LogP contribution in [0, 0.1) is 11.7 Å². The van der Waals surface area contributed by atoms with Gasteiger partial charge in [0.15, 0.2) is 5.82 Å². The third kappa shape index (κ3) is 3.32. The second-order valence-electron chi connectivity index (χ2n) is 7.86. The Bertz CT molecular complexity index is 1350. The molecule has 166 valence electrons. The number of imidazole rings is 1. The van der Waals surface area contributed by atoms with Gasteiger partial charge in [0.2, 0.25) is 5.91 Å². The Balaban J connectivity index is 1.58. The summed E-state index contributed by atoms with van der Waals surface area (Å²) < 4.78 is 35.7. The van der Waals surface area contributed by atoms with E-state index in [1.807, 2.05) is 6.92 Å². The Labute approximate surface area is 186 Å². The minimum absolute atomic E-state index is 0.0277. The number of nitrogens with zero attached hydrogens (tertiary/aromatic N) is 3. The third-order valence-electron chi connectivity index (χ3n) is 5.84. The maximum Gasteiger partial charge on any atom is 0.231 e. The van der Waals surface area contributed by atoms with Gasteiger partial charge in [0.05, 0.1) is 35.0 Å². The largest absolute Gasteiger partial charge is 0.377 e. The second kappa shape index (κ2) is 7.83. The molecule has 10 heteroatoms. The van der Waals surface area contributed by atoms with E-state index in [0.717, 1.165) is 0 Å². The average molecular weight is 460 g/mol. The van der Waals surface area contributed by atoms with Crippen molar-refractivity contribution in [2.75, 3.05) is 12.4 Å². The number of methoxy groups -OCH3 is 1. The summed E-state index contributed by atoms with van der Waals surface area (Å²) in [6, 6.07) is 3.50. The number of aromatic amines is 1. The van der Waals surface area contributed by atoms with Crippen LogP contribution in [-0.2, 0) is 9.53 Å². The molecular weight excluding hydrogens is 440 g/mol. The highest BCUT2D eigenvalue weighted by Gasteiger charge is 2.43. The lowest BCUT2D eigenvalue weighted by Crippen LogP contribution is -2.15. The summed E-state index contributed by atoms with van der Waals surface area (Å²) in [6.07, 6.45) is 4.23. The molecule has 0 bridgehead atoms. The van der Waals surface area contributed by atoms with E-state index in [4.69, 9.17) is 16.3 Å². The Hall–Kier alpha value is -3.04. The number of ether oxygens (including phenoxy) is 1. The summed E-state index contributed by atoms with van der Waals surface area (Å²) in [4.78, 5) is 16.3. The number of hydrogen-bond acceptors (Lipinski definition) is 4. The fourth-order valence-corrected chi connectivity index (χ4v) is 4.38. The highest BCUT2D eigenvalue weighted by Crippen LogP contribution is 2.42. The van der Waals surface area contributed by atoms with E-state index >= 15 is 4.39 Å². The lowest BCUT2D eigenvalue weighted by atomic mass is 9.96. The number of carbonyl (C=O) groups excluding carboxylic acids is 1. The van der Waals surface area contributed by atoms with Crippen LogP contribution in [0.3, 0.4) is 0 Å². The highest BCUT2D eigenvalue weighted by atomic mass is 35.5. The van der Waals surface area contributed by atoms with Gasteiger partial charge in [0.1, 0.15) is 17.6 Å². The van der Waals surface area contributed by atoms with E-state index in [2.05, 4.69) is 20.5 Å². The first-order chi connectivity index (χ1) is 15.4. The van der Waals surface area contributed by atoms with E-state index < -0.39 is 24.0 Å². The third-order valence-corrected chi connectivity index (χ3v) is 6.20. The SMILES string of the molecule is CC[C@@H](OC)c1c(F)c(Cl)c(-c2ccc3nc(NC(=O)[C@@H]4C[C@@H]4F)cn3c2)c2cn[nH]c12. The number of nitrogens with one attached hydrogen (secondary N) is 2. The number of pyridine rings is 1. The van der Waals surface area contributed by atoms with Gasteiger partial charge in [0.25, 0.3) is 0 Å². The van der Waals surface area contributed by atoms with E-state index in [-0.39, 0.29) is 17.4 Å². The number of fused-ring (bicyclic) bond motifs is 2. The smallest absolute Gasteiger partial charge is 0.231 e. The van der Waals surface area contributed by atoms with Crippen molar-refractivity contribution < 1.29 is 18.3 Å². The van der Waals surface area contributed by atoms with E-state index in [1.54, 1.807) is 35.1 Å². The molecule has 1 amide bonds. The van der Waals surface area contributed by atoms with E-state index in [1.165, 1.54) is 7.11 Å². The molecule has 3 atom stereocenters. The van der Waals surface area contributed by atoms with Crippen molar-refractivity contribution in [1.29, 1.82) is 0 Å². The van der Waals surface area contributed by atoms with Crippen molar-refractivity contribution >= 4 is 39.9 Å². The van der Waals surface area contributed by atoms with Crippen molar-refractivity contribution in [3.8, 4) is 11.1 Å². The monoisotopic (exact) mass is 459 g/mol. The van der Waals surface area contributed by atoms with Crippen LogP contribution in [0.1, 0.15) is 31.4 Å². The van der Waals surface area contributed by atoms with Gasteiger partial charge in [0, 0.05) is 35.4 Å². The number of H-pyrrole nitrogens is 1. The molecule has 32 heavy (non-hydrogen) atoms. The molecule has 7 nitrogen and oxygen atoms in total. The van der Waals surface area contributed by atoms with E-state index in [9.17, 15) is 9.18 Å². The lowest BCUT2D eigenvalue weighted by molar-refractivity contribution is -0.117. The molecule has 1 fully saturated rings. The predicted molar refractivity (Wildman–Crippen MR) is 117 cm³/mol. The molecule has 2 N–H and O–H groups in total. The zero-order valence-electron chi connectivity index (χ0n) is 17.3. The summed E-state index contributed by atoms with van der Waals surface area (Å²) >= 11 is 6.52. The van der Waals surface area contributed by atoms with Crippen LogP contribution in [-0.4, -0.2) is 38.8 Å². The molecule has 5 rings (SSSR count). The normalized spacial score (nSPS) is 18.9. The van der Waals surface area contributed by atoms with Crippen LogP contribution >= 0.6 is 11.6 Å². The number of halogens is 3. The molecule has 0 saturated heterocycles. The molecule has 0 aliphatic heterocycles. The zero-order chi connectivity index (χ0) is 22.6. The number of aromatic nitrogens is 4. The molecule has 0 spiro atoms. The topological polar surface area (TPSA) is 84.3 Å². The van der Waals surface area contributed by atoms with Crippen LogP contribution < -0.4 is 5.32 Å². The number of benzene rings is 1. The molecule has 0 unspecified atom stereocenters. The average Bonchev–Trinajstić information content (AvgIpc) is 3.15. The van der Waals surface area contributed by atoms with Crippen LogP contribution in [0.15, 0.2) is 30.7 Å². The van der Waals surface area contributed by atoms with Crippen molar-refractivity contribution in [2.45, 2.75) is 32.0 Å². The fraction of sp³-hybridized carbons (Fsp3) is 0.318.